The maximum atomic E-state index is 14.3. The number of hydrogen-bond acceptors (Lipinski definition) is 5. The molecule has 1 saturated heterocycles. The van der Waals surface area contributed by atoms with Gasteiger partial charge in [0.1, 0.15) is 17.2 Å². The van der Waals surface area contributed by atoms with Gasteiger partial charge in [-0.2, -0.15) is 0 Å². The summed E-state index contributed by atoms with van der Waals surface area (Å²) in [6.45, 7) is 2.48. The monoisotopic (exact) mass is 445 g/mol. The van der Waals surface area contributed by atoms with Gasteiger partial charge in [0, 0.05) is 23.9 Å². The number of rotatable bonds is 3. The molecule has 2 N–H and O–H groups in total. The van der Waals surface area contributed by atoms with Crippen LogP contribution in [0.4, 0.5) is 8.78 Å². The largest absolute Gasteiger partial charge is 0.503 e. The minimum Gasteiger partial charge on any atom is -0.503 e. The highest BCUT2D eigenvalue weighted by atomic mass is 19.1. The van der Waals surface area contributed by atoms with Crippen LogP contribution in [0.1, 0.15) is 52.6 Å². The first-order valence-electron chi connectivity index (χ1n) is 10.4. The molecule has 32 heavy (non-hydrogen) atoms. The summed E-state index contributed by atoms with van der Waals surface area (Å²) in [5.74, 6) is -3.68. The summed E-state index contributed by atoms with van der Waals surface area (Å²) in [4.78, 5) is 40.2. The van der Waals surface area contributed by atoms with Crippen molar-refractivity contribution in [1.29, 1.82) is 0 Å². The van der Waals surface area contributed by atoms with E-state index in [1.54, 1.807) is 0 Å². The van der Waals surface area contributed by atoms with Crippen molar-refractivity contribution in [3.05, 3.63) is 63.1 Å². The normalized spacial score (nSPS) is 23.3. The van der Waals surface area contributed by atoms with E-state index in [-0.39, 0.29) is 29.4 Å². The lowest BCUT2D eigenvalue weighted by molar-refractivity contribution is -0.112. The van der Waals surface area contributed by atoms with E-state index in [2.05, 4.69) is 5.32 Å². The van der Waals surface area contributed by atoms with Crippen molar-refractivity contribution in [2.45, 2.75) is 50.5 Å². The van der Waals surface area contributed by atoms with Gasteiger partial charge in [-0.05, 0) is 32.3 Å². The predicted molar refractivity (Wildman–Crippen MR) is 107 cm³/mol. The van der Waals surface area contributed by atoms with Crippen LogP contribution in [0.5, 0.6) is 5.75 Å². The molecule has 3 aliphatic rings. The Morgan fingerprint density at radius 3 is 2.72 bits per heavy atom. The molecule has 1 aromatic carbocycles. The van der Waals surface area contributed by atoms with Gasteiger partial charge in [-0.3, -0.25) is 14.4 Å². The highest BCUT2D eigenvalue weighted by Gasteiger charge is 2.48. The fourth-order valence-corrected chi connectivity index (χ4v) is 4.57. The second kappa shape index (κ2) is 7.13. The zero-order valence-corrected chi connectivity index (χ0v) is 17.2. The molecule has 0 bridgehead atoms. The molecular formula is C22H21F2N3O5. The summed E-state index contributed by atoms with van der Waals surface area (Å²) in [6.07, 6.45) is 2.12. The lowest BCUT2D eigenvalue weighted by atomic mass is 10.0. The Hall–Kier alpha value is -3.27. The summed E-state index contributed by atoms with van der Waals surface area (Å²) in [5, 5.41) is 13.2. The molecule has 2 aromatic rings. The van der Waals surface area contributed by atoms with Crippen LogP contribution in [-0.4, -0.2) is 45.3 Å². The molecule has 0 radical (unpaired) electrons. The number of aromatic nitrogens is 1. The van der Waals surface area contributed by atoms with Crippen LogP contribution in [-0.2, 0) is 16.8 Å². The van der Waals surface area contributed by atoms with Crippen molar-refractivity contribution in [2.75, 3.05) is 6.61 Å². The topological polar surface area (TPSA) is 101 Å². The van der Waals surface area contributed by atoms with E-state index in [1.807, 2.05) is 6.92 Å². The molecule has 5 rings (SSSR count). The van der Waals surface area contributed by atoms with E-state index >= 15 is 0 Å². The molecule has 1 aromatic heterocycles. The van der Waals surface area contributed by atoms with Crippen LogP contribution < -0.4 is 10.7 Å². The quantitative estimate of drug-likeness (QED) is 0.751. The van der Waals surface area contributed by atoms with E-state index in [0.29, 0.717) is 25.9 Å². The summed E-state index contributed by atoms with van der Waals surface area (Å²) < 4.78 is 34.6. The van der Waals surface area contributed by atoms with Crippen molar-refractivity contribution >= 4 is 11.8 Å². The standard InChI is InChI=1S/C22H21F2N3O5/c1-11-4-7-32-16-10-26-9-13(18(28)19(29)17(26)21(31)27(11)16)20(30)25-22(5-6-22)14-3-2-12(23)8-15(14)24/h2-3,8-9,11,16,29H,4-7,10H2,1H3,(H,25,30)/t11-,16+/m1/s1. The molecule has 1 aliphatic carbocycles. The van der Waals surface area contributed by atoms with Crippen LogP contribution in [0.3, 0.4) is 0 Å². The molecule has 1 saturated carbocycles. The van der Waals surface area contributed by atoms with E-state index < -0.39 is 46.4 Å². The Morgan fingerprint density at radius 1 is 1.28 bits per heavy atom. The summed E-state index contributed by atoms with van der Waals surface area (Å²) in [6, 6.07) is 2.99. The van der Waals surface area contributed by atoms with Crippen LogP contribution in [0.15, 0.2) is 29.2 Å². The lowest BCUT2D eigenvalue weighted by Crippen LogP contribution is -2.57. The summed E-state index contributed by atoms with van der Waals surface area (Å²) in [7, 11) is 0. The van der Waals surface area contributed by atoms with Crippen molar-refractivity contribution in [2.24, 2.45) is 0 Å². The fraction of sp³-hybridized carbons (Fsp3) is 0.409. The Morgan fingerprint density at radius 2 is 2.03 bits per heavy atom. The van der Waals surface area contributed by atoms with Crippen LogP contribution in [0.2, 0.25) is 0 Å². The number of ether oxygens (including phenoxy) is 1. The van der Waals surface area contributed by atoms with Gasteiger partial charge in [0.05, 0.1) is 18.7 Å². The van der Waals surface area contributed by atoms with Gasteiger partial charge < -0.3 is 24.6 Å². The summed E-state index contributed by atoms with van der Waals surface area (Å²) >= 11 is 0. The number of nitrogens with zero attached hydrogens (tertiary/aromatic N) is 2. The van der Waals surface area contributed by atoms with Gasteiger partial charge in [-0.25, -0.2) is 8.78 Å². The third-order valence-electron chi connectivity index (χ3n) is 6.47. The molecule has 2 amide bonds. The van der Waals surface area contributed by atoms with E-state index in [9.17, 15) is 28.3 Å². The average Bonchev–Trinajstić information content (AvgIpc) is 3.50. The van der Waals surface area contributed by atoms with Gasteiger partial charge in [0.25, 0.3) is 11.8 Å². The molecule has 10 heteroatoms. The summed E-state index contributed by atoms with van der Waals surface area (Å²) in [5.41, 5.74) is -2.46. The van der Waals surface area contributed by atoms with Crippen LogP contribution >= 0.6 is 0 Å². The first-order valence-corrected chi connectivity index (χ1v) is 10.4. The Labute approximate surface area is 181 Å². The van der Waals surface area contributed by atoms with Crippen LogP contribution in [0, 0.1) is 11.6 Å². The Bertz CT molecular complexity index is 1210. The van der Waals surface area contributed by atoms with Gasteiger partial charge in [-0.1, -0.05) is 6.07 Å². The lowest BCUT2D eigenvalue weighted by Gasteiger charge is -2.44. The molecule has 3 heterocycles. The second-order valence-corrected chi connectivity index (χ2v) is 8.56. The molecule has 0 unspecified atom stereocenters. The maximum Gasteiger partial charge on any atom is 0.276 e. The molecule has 2 atom stereocenters. The zero-order chi connectivity index (χ0) is 22.8. The fourth-order valence-electron chi connectivity index (χ4n) is 4.57. The van der Waals surface area contributed by atoms with Crippen molar-refractivity contribution in [3.63, 3.8) is 0 Å². The number of aromatic hydroxyl groups is 1. The Balaban J connectivity index is 1.49. The number of carbonyl (C=O) groups excluding carboxylic acids is 2. The highest BCUT2D eigenvalue weighted by molar-refractivity contribution is 5.99. The van der Waals surface area contributed by atoms with E-state index in [1.165, 1.54) is 21.7 Å². The molecule has 0 spiro atoms. The molecule has 8 nitrogen and oxygen atoms in total. The second-order valence-electron chi connectivity index (χ2n) is 8.56. The van der Waals surface area contributed by atoms with Crippen molar-refractivity contribution in [1.82, 2.24) is 14.8 Å². The number of fused-ring (bicyclic) bond motifs is 2. The average molecular weight is 445 g/mol. The first-order chi connectivity index (χ1) is 15.2. The first kappa shape index (κ1) is 20.6. The zero-order valence-electron chi connectivity index (χ0n) is 17.2. The van der Waals surface area contributed by atoms with Gasteiger partial charge in [0.2, 0.25) is 5.43 Å². The highest BCUT2D eigenvalue weighted by Crippen LogP contribution is 2.46. The number of halogens is 2. The van der Waals surface area contributed by atoms with Crippen LogP contribution in [0.25, 0.3) is 0 Å². The number of amides is 2. The molecule has 2 aliphatic heterocycles. The number of carbonyl (C=O) groups is 2. The Kier molecular flexibility index (Phi) is 4.59. The number of benzene rings is 1. The predicted octanol–water partition coefficient (Wildman–Crippen LogP) is 1.84. The van der Waals surface area contributed by atoms with Gasteiger partial charge >= 0.3 is 0 Å². The molecule has 2 fully saturated rings. The van der Waals surface area contributed by atoms with Gasteiger partial charge in [0.15, 0.2) is 17.7 Å². The maximum absolute atomic E-state index is 14.3. The minimum atomic E-state index is -1.05. The third-order valence-corrected chi connectivity index (χ3v) is 6.47. The number of pyridine rings is 1. The number of nitrogens with one attached hydrogen (secondary N) is 1. The minimum absolute atomic E-state index is 0.118. The van der Waals surface area contributed by atoms with E-state index in [4.69, 9.17) is 4.74 Å². The van der Waals surface area contributed by atoms with E-state index in [0.717, 1.165) is 12.1 Å². The molecule has 168 valence electrons. The number of hydrogen-bond donors (Lipinski definition) is 2. The SMILES string of the molecule is C[C@@H]1CCO[C@H]2Cn3cc(C(=O)NC4(c5ccc(F)cc5F)CC4)c(=O)c(O)c3C(=O)N12. The molecular weight excluding hydrogens is 424 g/mol. The smallest absolute Gasteiger partial charge is 0.276 e. The third kappa shape index (κ3) is 3.09. The van der Waals surface area contributed by atoms with Crippen molar-refractivity contribution in [3.8, 4) is 5.75 Å². The van der Waals surface area contributed by atoms with Crippen molar-refractivity contribution < 1.29 is 28.2 Å². The van der Waals surface area contributed by atoms with Gasteiger partial charge in [-0.15, -0.1) is 0 Å².